The van der Waals surface area contributed by atoms with Crippen molar-refractivity contribution in [2.24, 2.45) is 5.50 Å². The minimum atomic E-state index is -1.65. The molecule has 2 rings (SSSR count). The van der Waals surface area contributed by atoms with Crippen molar-refractivity contribution in [3.8, 4) is 0 Å². The molecule has 0 amide bonds. The average Bonchev–Trinajstić information content (AvgIpc) is 2.40. The maximum Gasteiger partial charge on any atom is -0.0107 e. The Labute approximate surface area is 97.7 Å². The van der Waals surface area contributed by atoms with Gasteiger partial charge in [-0.1, -0.05) is 67.6 Å². The number of nitrogens with two attached hydrogens (primary N) is 1. The Kier molecular flexibility index (Phi) is 3.38. The minimum Gasteiger partial charge on any atom is -0.307 e. The summed E-state index contributed by atoms with van der Waals surface area (Å²) < 4.78 is 0. The summed E-state index contributed by atoms with van der Waals surface area (Å²) in [5.41, 5.74) is 6.65. The van der Waals surface area contributed by atoms with E-state index in [0.29, 0.717) is 0 Å². The second-order valence-corrected chi connectivity index (χ2v) is 7.26. The fourth-order valence-electron chi connectivity index (χ4n) is 1.90. The molecule has 2 aromatic carbocycles. The lowest BCUT2D eigenvalue weighted by atomic mass is 10.4. The first-order valence-corrected chi connectivity index (χ1v) is 7.59. The molecule has 0 unspecified atom stereocenters. The van der Waals surface area contributed by atoms with Crippen molar-refractivity contribution in [3.05, 3.63) is 60.7 Å². The quantitative estimate of drug-likeness (QED) is 0.806. The largest absolute Gasteiger partial charge is 0.307 e. The lowest BCUT2D eigenvalue weighted by Crippen LogP contribution is -2.30. The van der Waals surface area contributed by atoms with Gasteiger partial charge in [-0.05, 0) is 24.2 Å². The summed E-state index contributed by atoms with van der Waals surface area (Å²) in [5, 5.41) is 2.56. The molecule has 0 saturated carbocycles. The number of benzene rings is 2. The van der Waals surface area contributed by atoms with Gasteiger partial charge in [0.15, 0.2) is 0 Å². The monoisotopic (exact) mass is 230 g/mol. The highest BCUT2D eigenvalue weighted by molar-refractivity contribution is 7.87. The Morgan fingerprint density at radius 3 is 1.50 bits per heavy atom. The fraction of sp³-hybridized carbons (Fsp3) is 0.143. The first kappa shape index (κ1) is 11.3. The zero-order chi connectivity index (χ0) is 11.4. The Bertz CT molecular complexity index is 399. The molecule has 0 bridgehead atoms. The van der Waals surface area contributed by atoms with Gasteiger partial charge in [0.1, 0.15) is 0 Å². The topological polar surface area (TPSA) is 26.0 Å². The van der Waals surface area contributed by atoms with E-state index >= 15 is 0 Å². The zero-order valence-corrected chi connectivity index (χ0v) is 10.4. The highest BCUT2D eigenvalue weighted by Gasteiger charge is 2.24. The molecule has 0 aliphatic carbocycles. The van der Waals surface area contributed by atoms with Crippen LogP contribution in [-0.4, -0.2) is 6.16 Å². The van der Waals surface area contributed by atoms with E-state index in [1.165, 1.54) is 10.6 Å². The Morgan fingerprint density at radius 2 is 1.19 bits per heavy atom. The summed E-state index contributed by atoms with van der Waals surface area (Å²) >= 11 is 0. The van der Waals surface area contributed by atoms with Crippen molar-refractivity contribution < 1.29 is 0 Å². The van der Waals surface area contributed by atoms with Gasteiger partial charge in [0.2, 0.25) is 0 Å². The molecule has 0 fully saturated rings. The molecule has 0 aliphatic rings. The molecule has 0 atom stereocenters. The van der Waals surface area contributed by atoms with Crippen LogP contribution in [-0.2, 0) is 0 Å². The summed E-state index contributed by atoms with van der Waals surface area (Å²) in [7, 11) is -1.65. The van der Waals surface area contributed by atoms with Gasteiger partial charge in [0.05, 0.1) is 0 Å². The molecule has 0 heterocycles. The Morgan fingerprint density at radius 1 is 0.812 bits per heavy atom. The zero-order valence-electron chi connectivity index (χ0n) is 9.51. The molecule has 0 aliphatic heterocycles. The molecule has 1 radical (unpaired) electrons. The van der Waals surface area contributed by atoms with Crippen LogP contribution in [0.4, 0.5) is 0 Å². The van der Waals surface area contributed by atoms with Crippen LogP contribution in [0.2, 0.25) is 0 Å². The predicted molar refractivity (Wildman–Crippen MR) is 73.8 cm³/mol. The molecule has 0 saturated heterocycles. The highest BCUT2D eigenvalue weighted by Crippen LogP contribution is 2.47. The van der Waals surface area contributed by atoms with E-state index in [9.17, 15) is 0 Å². The average molecular weight is 230 g/mol. The number of hydrogen-bond donors (Lipinski definition) is 1. The Hall–Kier alpha value is -1.17. The SMILES string of the molecule is CC[P](N)(c1ccccc1)c1ccccc1. The van der Waals surface area contributed by atoms with Gasteiger partial charge in [-0.15, -0.1) is 0 Å². The minimum absolute atomic E-state index is 1.00. The second-order valence-electron chi connectivity index (χ2n) is 3.86. The normalized spacial score (nSPS) is 11.4. The van der Waals surface area contributed by atoms with Crippen molar-refractivity contribution in [2.75, 3.05) is 6.16 Å². The van der Waals surface area contributed by atoms with E-state index in [0.717, 1.165) is 6.16 Å². The van der Waals surface area contributed by atoms with Crippen LogP contribution in [0.1, 0.15) is 6.92 Å². The van der Waals surface area contributed by atoms with Crippen molar-refractivity contribution in [1.29, 1.82) is 0 Å². The first-order valence-electron chi connectivity index (χ1n) is 5.55. The maximum absolute atomic E-state index is 6.65. The third-order valence-electron chi connectivity index (χ3n) is 2.93. The van der Waals surface area contributed by atoms with Crippen molar-refractivity contribution in [2.45, 2.75) is 6.92 Å². The van der Waals surface area contributed by atoms with Gasteiger partial charge in [0.25, 0.3) is 0 Å². The van der Waals surface area contributed by atoms with Crippen LogP contribution in [0.3, 0.4) is 0 Å². The Balaban J connectivity index is 2.49. The van der Waals surface area contributed by atoms with E-state index in [1.807, 2.05) is 12.1 Å². The number of rotatable bonds is 3. The smallest absolute Gasteiger partial charge is 0.0107 e. The van der Waals surface area contributed by atoms with Crippen LogP contribution in [0, 0.1) is 0 Å². The lowest BCUT2D eigenvalue weighted by Gasteiger charge is -2.31. The molecule has 2 aromatic rings. The van der Waals surface area contributed by atoms with Crippen molar-refractivity contribution in [1.82, 2.24) is 0 Å². The van der Waals surface area contributed by atoms with E-state index in [1.54, 1.807) is 0 Å². The van der Waals surface area contributed by atoms with Gasteiger partial charge >= 0.3 is 0 Å². The van der Waals surface area contributed by atoms with Gasteiger partial charge < -0.3 is 5.50 Å². The molecule has 0 aromatic heterocycles. The van der Waals surface area contributed by atoms with Gasteiger partial charge in [-0.25, -0.2) is 0 Å². The summed E-state index contributed by atoms with van der Waals surface area (Å²) in [6.07, 6.45) is 1.00. The molecular weight excluding hydrogens is 213 g/mol. The van der Waals surface area contributed by atoms with Crippen LogP contribution >= 0.6 is 7.41 Å². The lowest BCUT2D eigenvalue weighted by molar-refractivity contribution is 1.46. The summed E-state index contributed by atoms with van der Waals surface area (Å²) in [4.78, 5) is 0. The van der Waals surface area contributed by atoms with Crippen molar-refractivity contribution >= 4 is 18.0 Å². The van der Waals surface area contributed by atoms with Gasteiger partial charge in [0, 0.05) is 0 Å². The molecule has 0 spiro atoms. The third kappa shape index (κ3) is 2.02. The van der Waals surface area contributed by atoms with Crippen molar-refractivity contribution in [3.63, 3.8) is 0 Å². The molecule has 2 N–H and O–H groups in total. The van der Waals surface area contributed by atoms with E-state index < -0.39 is 7.41 Å². The summed E-state index contributed by atoms with van der Waals surface area (Å²) in [6, 6.07) is 20.9. The van der Waals surface area contributed by atoms with E-state index in [4.69, 9.17) is 5.50 Å². The predicted octanol–water partition coefficient (Wildman–Crippen LogP) is 2.55. The van der Waals surface area contributed by atoms with E-state index in [-0.39, 0.29) is 0 Å². The summed E-state index contributed by atoms with van der Waals surface area (Å²) in [6.45, 7) is 2.17. The second kappa shape index (κ2) is 4.78. The molecule has 2 heteroatoms. The highest BCUT2D eigenvalue weighted by atomic mass is 31.2. The van der Waals surface area contributed by atoms with Crippen LogP contribution in [0.15, 0.2) is 60.7 Å². The van der Waals surface area contributed by atoms with E-state index in [2.05, 4.69) is 55.5 Å². The van der Waals surface area contributed by atoms with Crippen LogP contribution in [0.5, 0.6) is 0 Å². The fourth-order valence-corrected chi connectivity index (χ4v) is 4.34. The molecule has 83 valence electrons. The number of hydrogen-bond acceptors (Lipinski definition) is 1. The first-order chi connectivity index (χ1) is 7.77. The molecule has 16 heavy (non-hydrogen) atoms. The van der Waals surface area contributed by atoms with Crippen LogP contribution < -0.4 is 16.1 Å². The van der Waals surface area contributed by atoms with Crippen LogP contribution in [0.25, 0.3) is 0 Å². The standard InChI is InChI=1S/C14H17NP/c1-2-16(15,13-9-5-3-6-10-13)14-11-7-4-8-12-14/h3-12H,2,15H2,1H3. The molecule has 1 nitrogen and oxygen atoms in total. The molecular formula is C14H17NP. The van der Waals surface area contributed by atoms with Gasteiger partial charge in [-0.2, -0.15) is 0 Å². The summed E-state index contributed by atoms with van der Waals surface area (Å²) in [5.74, 6) is 0. The third-order valence-corrected chi connectivity index (χ3v) is 6.37. The maximum atomic E-state index is 6.65. The van der Waals surface area contributed by atoms with Gasteiger partial charge in [-0.3, -0.25) is 0 Å².